The van der Waals surface area contributed by atoms with E-state index >= 15 is 0 Å². The quantitative estimate of drug-likeness (QED) is 0.250. The highest BCUT2D eigenvalue weighted by Crippen LogP contribution is 2.26. The Labute approximate surface area is 200 Å². The minimum Gasteiger partial charge on any atom is -0.497 e. The van der Waals surface area contributed by atoms with Crippen LogP contribution in [-0.4, -0.2) is 35.6 Å². The number of thioether (sulfide) groups is 1. The number of methoxy groups -OCH3 is 1. The molecule has 34 heavy (non-hydrogen) atoms. The number of carboxylic acids is 1. The topological polar surface area (TPSA) is 92.7 Å². The monoisotopic (exact) mass is 471 g/mol. The molecule has 0 spiro atoms. The number of nitrogens with one attached hydrogen (secondary N) is 1. The number of amides is 1. The van der Waals surface area contributed by atoms with Gasteiger partial charge in [-0.3, -0.25) is 9.59 Å². The van der Waals surface area contributed by atoms with Gasteiger partial charge >= 0.3 is 5.97 Å². The maximum atomic E-state index is 12.9. The van der Waals surface area contributed by atoms with Crippen molar-refractivity contribution in [2.45, 2.75) is 4.90 Å². The van der Waals surface area contributed by atoms with Crippen molar-refractivity contribution >= 4 is 45.9 Å². The lowest BCUT2D eigenvalue weighted by atomic mass is 9.98. The Hall–Kier alpha value is -4.10. The molecule has 4 rings (SSSR count). The summed E-state index contributed by atoms with van der Waals surface area (Å²) in [5.74, 6) is -0.583. The van der Waals surface area contributed by atoms with E-state index < -0.39 is 11.9 Å². The SMILES string of the molecule is COc1cccc(C(=O)CSc2ccc(NC(=O)c3cccc4cccc(C(=O)O)c34)cc2)c1. The Morgan fingerprint density at radius 3 is 2.24 bits per heavy atom. The van der Waals surface area contributed by atoms with Crippen LogP contribution in [0.3, 0.4) is 0 Å². The van der Waals surface area contributed by atoms with Crippen molar-refractivity contribution in [1.82, 2.24) is 0 Å². The minimum absolute atomic E-state index is 0.00790. The number of hydrogen-bond acceptors (Lipinski definition) is 5. The molecule has 0 atom stereocenters. The summed E-state index contributed by atoms with van der Waals surface area (Å²) in [6.07, 6.45) is 0. The van der Waals surface area contributed by atoms with E-state index in [1.54, 1.807) is 73.8 Å². The highest BCUT2D eigenvalue weighted by atomic mass is 32.2. The van der Waals surface area contributed by atoms with Crippen molar-refractivity contribution in [2.24, 2.45) is 0 Å². The van der Waals surface area contributed by atoms with Crippen LogP contribution in [0, 0.1) is 0 Å². The first-order valence-corrected chi connectivity index (χ1v) is 11.4. The zero-order valence-corrected chi connectivity index (χ0v) is 19.1. The number of Topliss-reactive ketones (excluding diaryl/α,β-unsaturated/α-hetero) is 1. The van der Waals surface area contributed by atoms with Crippen molar-refractivity contribution in [3.8, 4) is 5.75 Å². The molecule has 0 heterocycles. The number of carbonyl (C=O) groups is 3. The zero-order chi connectivity index (χ0) is 24.1. The number of hydrogen-bond donors (Lipinski definition) is 2. The van der Waals surface area contributed by atoms with Gasteiger partial charge in [-0.25, -0.2) is 4.79 Å². The van der Waals surface area contributed by atoms with Crippen molar-refractivity contribution in [2.75, 3.05) is 18.2 Å². The van der Waals surface area contributed by atoms with E-state index in [9.17, 15) is 19.5 Å². The lowest BCUT2D eigenvalue weighted by molar-refractivity contribution is 0.0698. The Morgan fingerprint density at radius 1 is 0.882 bits per heavy atom. The fourth-order valence-corrected chi connectivity index (χ4v) is 4.36. The Balaban J connectivity index is 1.44. The number of carboxylic acid groups (broad SMARTS) is 1. The number of aromatic carboxylic acids is 1. The number of rotatable bonds is 8. The van der Waals surface area contributed by atoms with Crippen molar-refractivity contribution in [3.05, 3.63) is 102 Å². The van der Waals surface area contributed by atoms with Gasteiger partial charge < -0.3 is 15.2 Å². The standard InChI is InChI=1S/C27H21NO5S/c1-33-20-8-2-7-18(15-20)24(29)16-34-21-13-11-19(12-14-21)28-26(30)22-9-3-5-17-6-4-10-23(25(17)22)27(31)32/h2-15H,16H2,1H3,(H,28,30)(H,31,32). The summed E-state index contributed by atoms with van der Waals surface area (Å²) in [7, 11) is 1.56. The lowest BCUT2D eigenvalue weighted by Gasteiger charge is -2.11. The summed E-state index contributed by atoms with van der Waals surface area (Å²) in [5.41, 5.74) is 1.53. The molecular weight excluding hydrogens is 450 g/mol. The Bertz CT molecular complexity index is 1380. The van der Waals surface area contributed by atoms with E-state index in [-0.39, 0.29) is 22.7 Å². The predicted octanol–water partition coefficient (Wildman–Crippen LogP) is 5.77. The zero-order valence-electron chi connectivity index (χ0n) is 18.3. The average molecular weight is 472 g/mol. The van der Waals surface area contributed by atoms with Gasteiger partial charge in [0.1, 0.15) is 5.75 Å². The summed E-state index contributed by atoms with van der Waals surface area (Å²) < 4.78 is 5.16. The van der Waals surface area contributed by atoms with E-state index in [1.807, 2.05) is 12.1 Å². The molecule has 4 aromatic carbocycles. The van der Waals surface area contributed by atoms with Crippen LogP contribution in [0.1, 0.15) is 31.1 Å². The van der Waals surface area contributed by atoms with E-state index in [2.05, 4.69) is 5.32 Å². The second-order valence-corrected chi connectivity index (χ2v) is 8.49. The minimum atomic E-state index is -1.09. The van der Waals surface area contributed by atoms with E-state index in [0.29, 0.717) is 27.8 Å². The summed E-state index contributed by atoms with van der Waals surface area (Å²) in [4.78, 5) is 37.9. The molecule has 170 valence electrons. The van der Waals surface area contributed by atoms with Gasteiger partial charge in [-0.05, 0) is 53.9 Å². The van der Waals surface area contributed by atoms with Crippen molar-refractivity contribution < 1.29 is 24.2 Å². The summed E-state index contributed by atoms with van der Waals surface area (Å²) >= 11 is 1.40. The molecular formula is C27H21NO5S. The summed E-state index contributed by atoms with van der Waals surface area (Å²) in [6.45, 7) is 0. The second-order valence-electron chi connectivity index (χ2n) is 7.44. The molecule has 0 aliphatic heterocycles. The molecule has 1 amide bonds. The van der Waals surface area contributed by atoms with Gasteiger partial charge in [0.05, 0.1) is 18.4 Å². The number of benzene rings is 4. The third-order valence-electron chi connectivity index (χ3n) is 5.25. The first-order valence-electron chi connectivity index (χ1n) is 10.4. The Kier molecular flexibility index (Phi) is 6.94. The fraction of sp³-hybridized carbons (Fsp3) is 0.0741. The molecule has 0 aliphatic rings. The van der Waals surface area contributed by atoms with Crippen LogP contribution in [0.5, 0.6) is 5.75 Å². The third-order valence-corrected chi connectivity index (χ3v) is 6.27. The normalized spacial score (nSPS) is 10.6. The van der Waals surface area contributed by atoms with Crippen LogP contribution in [0.25, 0.3) is 10.8 Å². The largest absolute Gasteiger partial charge is 0.497 e. The smallest absolute Gasteiger partial charge is 0.336 e. The molecule has 0 aliphatic carbocycles. The maximum absolute atomic E-state index is 12.9. The van der Waals surface area contributed by atoms with Gasteiger partial charge in [0, 0.05) is 27.1 Å². The van der Waals surface area contributed by atoms with Crippen molar-refractivity contribution in [1.29, 1.82) is 0 Å². The fourth-order valence-electron chi connectivity index (χ4n) is 3.57. The van der Waals surface area contributed by atoms with Crippen LogP contribution < -0.4 is 10.1 Å². The van der Waals surface area contributed by atoms with Gasteiger partial charge in [0.15, 0.2) is 5.78 Å². The number of anilines is 1. The molecule has 0 aromatic heterocycles. The predicted molar refractivity (Wildman–Crippen MR) is 133 cm³/mol. The molecule has 4 aromatic rings. The van der Waals surface area contributed by atoms with Crippen LogP contribution in [0.4, 0.5) is 5.69 Å². The van der Waals surface area contributed by atoms with Gasteiger partial charge in [0.25, 0.3) is 5.91 Å². The van der Waals surface area contributed by atoms with Crippen LogP contribution in [0.15, 0.2) is 89.8 Å². The number of fused-ring (bicyclic) bond motifs is 1. The lowest BCUT2D eigenvalue weighted by Crippen LogP contribution is -2.13. The molecule has 2 N–H and O–H groups in total. The van der Waals surface area contributed by atoms with Gasteiger partial charge in [-0.2, -0.15) is 0 Å². The molecule has 0 radical (unpaired) electrons. The van der Waals surface area contributed by atoms with Crippen LogP contribution in [-0.2, 0) is 0 Å². The summed E-state index contributed by atoms with van der Waals surface area (Å²) in [6, 6.07) is 24.2. The highest BCUT2D eigenvalue weighted by Gasteiger charge is 2.16. The first-order chi connectivity index (χ1) is 16.5. The number of ketones is 1. The van der Waals surface area contributed by atoms with Crippen LogP contribution >= 0.6 is 11.8 Å². The first kappa shape index (κ1) is 23.1. The van der Waals surface area contributed by atoms with Gasteiger partial charge in [-0.15, -0.1) is 11.8 Å². The molecule has 0 bridgehead atoms. The number of ether oxygens (including phenoxy) is 1. The molecule has 6 nitrogen and oxygen atoms in total. The van der Waals surface area contributed by atoms with E-state index in [0.717, 1.165) is 4.90 Å². The third kappa shape index (κ3) is 5.10. The average Bonchev–Trinajstić information content (AvgIpc) is 2.87. The summed E-state index contributed by atoms with van der Waals surface area (Å²) in [5, 5.41) is 13.4. The van der Waals surface area contributed by atoms with Crippen LogP contribution in [0.2, 0.25) is 0 Å². The molecule has 0 fully saturated rings. The molecule has 0 unspecified atom stereocenters. The van der Waals surface area contributed by atoms with E-state index in [4.69, 9.17) is 4.74 Å². The van der Waals surface area contributed by atoms with Gasteiger partial charge in [0.2, 0.25) is 0 Å². The molecule has 0 saturated heterocycles. The molecule has 7 heteroatoms. The second kappa shape index (κ2) is 10.2. The number of carbonyl (C=O) groups excluding carboxylic acids is 2. The maximum Gasteiger partial charge on any atom is 0.336 e. The molecule has 0 saturated carbocycles. The Morgan fingerprint density at radius 2 is 1.56 bits per heavy atom. The van der Waals surface area contributed by atoms with Crippen molar-refractivity contribution in [3.63, 3.8) is 0 Å². The van der Waals surface area contributed by atoms with Gasteiger partial charge in [-0.1, -0.05) is 36.4 Å². The van der Waals surface area contributed by atoms with E-state index in [1.165, 1.54) is 17.8 Å². The highest BCUT2D eigenvalue weighted by molar-refractivity contribution is 8.00.